The van der Waals surface area contributed by atoms with Crippen molar-refractivity contribution in [2.45, 2.75) is 0 Å². The van der Waals surface area contributed by atoms with E-state index in [9.17, 15) is 8.42 Å². The van der Waals surface area contributed by atoms with Gasteiger partial charge in [-0.3, -0.25) is 5.32 Å². The zero-order chi connectivity index (χ0) is 6.69. The lowest BCUT2D eigenvalue weighted by Gasteiger charge is -2.09. The molecule has 1 rings (SSSR count). The van der Waals surface area contributed by atoms with E-state index in [1.54, 1.807) is 11.8 Å². The highest BCUT2D eigenvalue weighted by Crippen LogP contribution is 2.01. The molecule has 0 radical (unpaired) electrons. The maximum absolute atomic E-state index is 10.2. The van der Waals surface area contributed by atoms with Crippen LogP contribution < -0.4 is 5.32 Å². The molecule has 0 atom stereocenters. The van der Waals surface area contributed by atoms with Crippen LogP contribution in [-0.2, 0) is 10.3 Å². The fraction of sp³-hybridized carbons (Fsp3) is 0.750. The van der Waals surface area contributed by atoms with Crippen molar-refractivity contribution in [1.29, 1.82) is 0 Å². The van der Waals surface area contributed by atoms with Gasteiger partial charge in [0.1, 0.15) is 4.99 Å². The van der Waals surface area contributed by atoms with E-state index in [0.29, 0.717) is 10.7 Å². The highest BCUT2D eigenvalue weighted by atomic mass is 32.2. The lowest BCUT2D eigenvalue weighted by Crippen LogP contribution is -2.32. The van der Waals surface area contributed by atoms with Gasteiger partial charge >= 0.3 is 0 Å². The molecule has 0 aromatic carbocycles. The predicted octanol–water partition coefficient (Wildman–Crippen LogP) is -0.668. The third-order valence-corrected chi connectivity index (χ3v) is 2.86. The summed E-state index contributed by atoms with van der Waals surface area (Å²) in [7, 11) is -2.02. The van der Waals surface area contributed by atoms with Crippen LogP contribution in [-0.4, -0.2) is 31.5 Å². The van der Waals surface area contributed by atoms with Gasteiger partial charge in [-0.25, -0.2) is 0 Å². The Labute approximate surface area is 59.4 Å². The van der Waals surface area contributed by atoms with Gasteiger partial charge < -0.3 is 0 Å². The van der Waals surface area contributed by atoms with Crippen molar-refractivity contribution < 1.29 is 8.42 Å². The predicted molar refractivity (Wildman–Crippen MR) is 39.3 cm³/mol. The number of rotatable bonds is 0. The molecule has 0 spiro atoms. The molecule has 0 aromatic rings. The molecule has 1 N–H and O–H groups in total. The van der Waals surface area contributed by atoms with E-state index in [1.165, 1.54) is 0 Å². The highest BCUT2D eigenvalue weighted by molar-refractivity contribution is 8.00. The van der Waals surface area contributed by atoms with Crippen molar-refractivity contribution in [1.82, 2.24) is 5.32 Å². The standard InChI is InChI=1S/C4H7NO2S2/c6-9(7)4-3-8-2-1-5-4/h5H,1-3H2. The molecule has 1 heterocycles. The van der Waals surface area contributed by atoms with E-state index in [-0.39, 0.29) is 0 Å². The molecule has 0 saturated carbocycles. The molecule has 1 saturated heterocycles. The second kappa shape index (κ2) is 3.24. The second-order valence-corrected chi connectivity index (χ2v) is 3.70. The van der Waals surface area contributed by atoms with Crippen LogP contribution in [0.5, 0.6) is 0 Å². The van der Waals surface area contributed by atoms with Gasteiger partial charge in [-0.1, -0.05) is 0 Å². The first-order valence-corrected chi connectivity index (χ1v) is 4.80. The topological polar surface area (TPSA) is 46.2 Å². The number of nitrogens with one attached hydrogen (secondary N) is 1. The smallest absolute Gasteiger partial charge is 0.229 e. The summed E-state index contributed by atoms with van der Waals surface area (Å²) in [5, 5.41) is 2.80. The van der Waals surface area contributed by atoms with Gasteiger partial charge in [-0.15, -0.1) is 0 Å². The molecule has 1 aliphatic rings. The molecule has 0 amide bonds. The maximum Gasteiger partial charge on any atom is 0.229 e. The first-order valence-electron chi connectivity index (χ1n) is 2.57. The maximum atomic E-state index is 10.2. The zero-order valence-electron chi connectivity index (χ0n) is 4.75. The molecule has 5 heteroatoms. The van der Waals surface area contributed by atoms with Crippen molar-refractivity contribution >= 4 is 27.0 Å². The Morgan fingerprint density at radius 1 is 1.56 bits per heavy atom. The quantitative estimate of drug-likeness (QED) is 0.484. The molecule has 1 aliphatic heterocycles. The monoisotopic (exact) mass is 165 g/mol. The van der Waals surface area contributed by atoms with Crippen molar-refractivity contribution in [2.75, 3.05) is 18.1 Å². The Morgan fingerprint density at radius 3 is 2.67 bits per heavy atom. The van der Waals surface area contributed by atoms with Crippen LogP contribution in [0.3, 0.4) is 0 Å². The summed E-state index contributed by atoms with van der Waals surface area (Å²) in [6, 6.07) is 0. The van der Waals surface area contributed by atoms with E-state index in [4.69, 9.17) is 0 Å². The van der Waals surface area contributed by atoms with Crippen LogP contribution in [0.1, 0.15) is 0 Å². The summed E-state index contributed by atoms with van der Waals surface area (Å²) >= 11 is 1.64. The molecule has 0 aliphatic carbocycles. The van der Waals surface area contributed by atoms with Crippen molar-refractivity contribution in [2.24, 2.45) is 0 Å². The SMILES string of the molecule is O=S(=O)=C1CSCCN1. The molecule has 1 fully saturated rings. The average molecular weight is 165 g/mol. The van der Waals surface area contributed by atoms with Gasteiger partial charge in [0, 0.05) is 18.1 Å². The largest absolute Gasteiger partial charge is 0.278 e. The minimum atomic E-state index is -2.02. The van der Waals surface area contributed by atoms with Crippen LogP contribution in [0.15, 0.2) is 0 Å². The summed E-state index contributed by atoms with van der Waals surface area (Å²) in [4.78, 5) is 0.436. The molecule has 3 nitrogen and oxygen atoms in total. The summed E-state index contributed by atoms with van der Waals surface area (Å²) in [6.45, 7) is 0.772. The summed E-state index contributed by atoms with van der Waals surface area (Å²) in [6.07, 6.45) is 0. The highest BCUT2D eigenvalue weighted by Gasteiger charge is 2.05. The average Bonchev–Trinajstić information content (AvgIpc) is 1.90. The van der Waals surface area contributed by atoms with Crippen LogP contribution in [0, 0.1) is 0 Å². The Morgan fingerprint density at radius 2 is 2.33 bits per heavy atom. The molecule has 0 unspecified atom stereocenters. The van der Waals surface area contributed by atoms with E-state index < -0.39 is 10.3 Å². The van der Waals surface area contributed by atoms with E-state index in [2.05, 4.69) is 5.32 Å². The number of hydrogen-bond donors (Lipinski definition) is 1. The molecular weight excluding hydrogens is 158 g/mol. The van der Waals surface area contributed by atoms with Crippen LogP contribution in [0.4, 0.5) is 0 Å². The minimum absolute atomic E-state index is 0.436. The van der Waals surface area contributed by atoms with Gasteiger partial charge in [-0.2, -0.15) is 20.2 Å². The van der Waals surface area contributed by atoms with Crippen molar-refractivity contribution in [3.05, 3.63) is 0 Å². The number of thioether (sulfide) groups is 1. The first-order chi connectivity index (χ1) is 4.30. The lowest BCUT2D eigenvalue weighted by atomic mass is 10.6. The summed E-state index contributed by atoms with van der Waals surface area (Å²) < 4.78 is 20.5. The molecule has 0 bridgehead atoms. The van der Waals surface area contributed by atoms with Crippen LogP contribution in [0.2, 0.25) is 0 Å². The third-order valence-electron chi connectivity index (χ3n) is 1.00. The molecule has 0 aromatic heterocycles. The fourth-order valence-electron chi connectivity index (χ4n) is 0.586. The zero-order valence-corrected chi connectivity index (χ0v) is 6.39. The first kappa shape index (κ1) is 7.11. The normalized spacial score (nSPS) is 19.8. The Hall–Kier alpha value is -0.0000000000000000763. The Kier molecular flexibility index (Phi) is 2.56. The third kappa shape index (κ3) is 2.00. The molecule has 52 valence electrons. The van der Waals surface area contributed by atoms with Crippen LogP contribution in [0.25, 0.3) is 0 Å². The fourth-order valence-corrected chi connectivity index (χ4v) is 2.12. The van der Waals surface area contributed by atoms with Crippen LogP contribution >= 0.6 is 11.8 Å². The van der Waals surface area contributed by atoms with Gasteiger partial charge in [0.15, 0.2) is 0 Å². The minimum Gasteiger partial charge on any atom is -0.278 e. The van der Waals surface area contributed by atoms with Gasteiger partial charge in [0.2, 0.25) is 10.3 Å². The number of hydrogen-bond acceptors (Lipinski definition) is 3. The molecule has 9 heavy (non-hydrogen) atoms. The molecular formula is C4H7NO2S2. The Bertz CT molecular complexity index is 203. The van der Waals surface area contributed by atoms with Gasteiger partial charge in [-0.05, 0) is 0 Å². The Balaban J connectivity index is 2.72. The van der Waals surface area contributed by atoms with E-state index in [1.807, 2.05) is 0 Å². The van der Waals surface area contributed by atoms with Crippen molar-refractivity contribution in [3.8, 4) is 0 Å². The van der Waals surface area contributed by atoms with Crippen molar-refractivity contribution in [3.63, 3.8) is 0 Å². The summed E-state index contributed by atoms with van der Waals surface area (Å²) in [5.74, 6) is 1.61. The summed E-state index contributed by atoms with van der Waals surface area (Å²) in [5.41, 5.74) is 0. The lowest BCUT2D eigenvalue weighted by molar-refractivity contribution is 0.626. The second-order valence-electron chi connectivity index (χ2n) is 1.64. The van der Waals surface area contributed by atoms with E-state index in [0.717, 1.165) is 12.3 Å². The van der Waals surface area contributed by atoms with Gasteiger partial charge in [0.25, 0.3) is 0 Å². The van der Waals surface area contributed by atoms with Gasteiger partial charge in [0.05, 0.1) is 0 Å². The van der Waals surface area contributed by atoms with E-state index >= 15 is 0 Å².